The molecular weight excluding hydrogens is 2200 g/mol. The van der Waals surface area contributed by atoms with Gasteiger partial charge in [-0.2, -0.15) is 37.5 Å². The number of ketones is 2. The Balaban J connectivity index is 0.000000451. The fourth-order valence-corrected chi connectivity index (χ4v) is 16.0. The van der Waals surface area contributed by atoms with Crippen LogP contribution in [-0.4, -0.2) is 139 Å². The molecule has 2 fully saturated rings. The van der Waals surface area contributed by atoms with Crippen LogP contribution in [0.2, 0.25) is 0 Å². The molecule has 16 aromatic rings. The second-order valence-electron chi connectivity index (χ2n) is 30.6. The largest absolute Gasteiger partial charge is 1.00 e. The molecule has 18 rings (SSSR count). The summed E-state index contributed by atoms with van der Waals surface area (Å²) in [5.41, 5.74) is 17.7. The van der Waals surface area contributed by atoms with Gasteiger partial charge >= 0.3 is 87.4 Å². The molecule has 8 heterocycles. The summed E-state index contributed by atoms with van der Waals surface area (Å²) in [6.45, 7) is 12.3. The van der Waals surface area contributed by atoms with Gasteiger partial charge < -0.3 is 44.4 Å². The number of nitro benzene ring substituents is 2. The van der Waals surface area contributed by atoms with Crippen molar-refractivity contribution < 1.29 is 126 Å². The van der Waals surface area contributed by atoms with Crippen molar-refractivity contribution in [1.29, 1.82) is 15.8 Å². The summed E-state index contributed by atoms with van der Waals surface area (Å²) in [6, 6.07) is 66.1. The summed E-state index contributed by atoms with van der Waals surface area (Å²) in [5, 5.41) is 121. The van der Waals surface area contributed by atoms with Gasteiger partial charge in [0.1, 0.15) is 62.1 Å². The molecule has 2 saturated carbocycles. The number of ether oxygens (including phenoxy) is 1. The van der Waals surface area contributed by atoms with Gasteiger partial charge in [0, 0.05) is 143 Å². The number of carboxylic acid groups (broad SMARTS) is 1. The van der Waals surface area contributed by atoms with E-state index in [0.29, 0.717) is 131 Å². The number of rotatable bonds is 26. The number of benzene rings is 8. The van der Waals surface area contributed by atoms with Gasteiger partial charge in [-0.25, -0.2) is 48.0 Å². The van der Waals surface area contributed by atoms with Crippen LogP contribution in [0.15, 0.2) is 274 Å². The zero-order valence-electron chi connectivity index (χ0n) is 80.6. The number of aryl methyl sites for hydroxylation is 3. The van der Waals surface area contributed by atoms with Gasteiger partial charge in [0.25, 0.3) is 11.4 Å². The third-order valence-electron chi connectivity index (χ3n) is 19.7. The van der Waals surface area contributed by atoms with Crippen LogP contribution < -0.4 is 54.2 Å². The Hall–Kier alpha value is -11.2. The number of carbonyl (C=O) groups is 4. The van der Waals surface area contributed by atoms with Gasteiger partial charge in [0.15, 0.2) is 21.2 Å². The van der Waals surface area contributed by atoms with Crippen molar-refractivity contribution >= 4 is 173 Å². The number of halogens is 5. The molecule has 7 N–H and O–H groups in total. The standard InChI is InChI=1S/C27H24N4O2S.C23H18N4O2S.C12H9N3O2.C10H8N2O3S.C10H10N2OS.C7H5NO3.C4H8O.C4H9.C3H2BrNS.CH4.B.Cl2OS.2ClH.Li.Na.Ni.H/c1-18-12-24(31(30-18)23-7-3-5-21(14-23)16-28)25(32)15-20-4-2-6-22(13-20)26(27-29-10-11-34-27)33-17-19-8-9-19;1-15-10-20(27(26-15)19-7-3-5-17(12-19)14-24)21(28)13-16-4-2-6-18(11-16)22(29)23-25-8-9-30-23;1-8-5-11(12(16)17)15(14-8)10-4-2-3-9(6-10)7-13;13-9(10-11-4-5-16-10)7-2-1-3-8(6-7)12(14)15;11-8-3-1-2-7(6-8)9(13)10-12-4-5-14-10;9-5-6-2-1-3-7(4-6)8(10)11;5-3-4-1-2-4;1-3-4-2;4-3-5-1-2-6-3;;;1-4(2)3;;;;;;/h2-7,10-14,19,26H,8-9,15,17H2,1H3;2-12,22,29H,13H2,1H3;2-6H,1H3,(H,16,17);1-6,9,13H;1-6,9,13H,11H2;1-5H;4-5H,1-3H2;1,3-4H2,2H3;1-2H;1H4;;;2*1H;;;;/q;;;;;;;-1;;;;;;;2*+1;+2;-1/p-2. The molecule has 0 amide bonds. The number of nitrogens with zero attached hydrogens (tertiary/aromatic N) is 16. The summed E-state index contributed by atoms with van der Waals surface area (Å²) < 4.78 is 20.8. The molecule has 32 nitrogen and oxygen atoms in total. The smallest absolute Gasteiger partial charge is 1.00 e. The normalized spacial score (nSPS) is 11.7. The summed E-state index contributed by atoms with van der Waals surface area (Å²) in [7, 11) is 16.8. The average molecular weight is 2300 g/mol. The number of unbranched alkanes of at least 4 members (excludes halogenated alkanes) is 1. The summed E-state index contributed by atoms with van der Waals surface area (Å²) in [4.78, 5) is 87.8. The summed E-state index contributed by atoms with van der Waals surface area (Å²) in [6.07, 6.45) is 14.1. The first-order chi connectivity index (χ1) is 69.3. The third-order valence-corrected chi connectivity index (χ3v) is 24.3. The first-order valence-electron chi connectivity index (χ1n) is 43.1. The molecule has 0 aliphatic heterocycles. The van der Waals surface area contributed by atoms with E-state index in [9.17, 15) is 60.0 Å². The second-order valence-corrected chi connectivity index (χ2v) is 40.6. The zero-order chi connectivity index (χ0) is 105. The number of anilines is 1. The average Bonchev–Trinajstić information content (AvgIpc) is 1.67. The number of aromatic nitrogens is 11. The number of hydrogen-bond donors (Lipinski definition) is 6. The summed E-state index contributed by atoms with van der Waals surface area (Å²) >= 11 is 11.0. The molecule has 8 aromatic heterocycles. The van der Waals surface area contributed by atoms with Crippen molar-refractivity contribution in [1.82, 2.24) is 54.3 Å². The molecule has 148 heavy (non-hydrogen) atoms. The molecule has 0 bridgehead atoms. The van der Waals surface area contributed by atoms with E-state index in [2.05, 4.69) is 103 Å². The minimum absolute atomic E-state index is 0. The molecule has 0 spiro atoms. The Morgan fingerprint density at radius 2 is 0.905 bits per heavy atom. The zero-order valence-corrected chi connectivity index (χ0v) is 92.1. The Labute approximate surface area is 947 Å². The maximum Gasteiger partial charge on any atom is 1.00 e. The number of nitro groups is 2. The summed E-state index contributed by atoms with van der Waals surface area (Å²) in [5.74, 6) is 0.155. The van der Waals surface area contributed by atoms with Crippen molar-refractivity contribution in [3.8, 4) is 35.3 Å². The molecule has 4 atom stereocenters. The molecule has 2 aliphatic carbocycles. The maximum atomic E-state index is 13.3. The second kappa shape index (κ2) is 69.3. The van der Waals surface area contributed by atoms with Gasteiger partial charge in [-0.05, 0) is 193 Å². The molecule has 0 saturated heterocycles. The Morgan fingerprint density at radius 3 is 1.24 bits per heavy atom. The number of carboxylic acids is 1. The number of aldehydes is 1. The fraction of sp³-hybridized carbons (Fsp3) is 0.208. The molecule has 4 unspecified atom stereocenters. The molecular formula is C101H98BBrCl4LiN17NaNiO15S6. The number of thiazole rings is 5. The van der Waals surface area contributed by atoms with Crippen LogP contribution in [0.1, 0.15) is 208 Å². The molecule has 2 aliphatic rings. The van der Waals surface area contributed by atoms with E-state index < -0.39 is 43.4 Å². The minimum Gasteiger partial charge on any atom is -1.00 e. The van der Waals surface area contributed by atoms with Crippen molar-refractivity contribution in [2.24, 2.45) is 11.8 Å². The van der Waals surface area contributed by atoms with Crippen LogP contribution in [0, 0.1) is 93.8 Å². The van der Waals surface area contributed by atoms with Gasteiger partial charge in [-0.3, -0.25) is 34.6 Å². The van der Waals surface area contributed by atoms with E-state index >= 15 is 0 Å². The number of Topliss-reactive ketones (excluding diaryl/α,β-unsaturated/α-hetero) is 2. The Morgan fingerprint density at radius 1 is 0.561 bits per heavy atom. The topological polar surface area (TPSA) is 497 Å². The minimum atomic E-state index is -1.67. The number of non-ortho nitro benzene ring substituents is 2. The van der Waals surface area contributed by atoms with Gasteiger partial charge in [-0.1, -0.05) is 124 Å². The van der Waals surface area contributed by atoms with Crippen LogP contribution in [0.3, 0.4) is 0 Å². The van der Waals surface area contributed by atoms with Crippen molar-refractivity contribution in [2.75, 3.05) is 18.9 Å². The van der Waals surface area contributed by atoms with Crippen LogP contribution in [0.5, 0.6) is 0 Å². The van der Waals surface area contributed by atoms with Crippen molar-refractivity contribution in [3.05, 3.63) is 411 Å². The van der Waals surface area contributed by atoms with Crippen LogP contribution in [0.25, 0.3) is 17.1 Å². The van der Waals surface area contributed by atoms with Crippen molar-refractivity contribution in [2.45, 2.75) is 111 Å². The SMILES string of the molecule is Brc1nccs1.C.Cc1cc(C(=O)Cc2cccc(C(O)c3nccs3)c2)n(-c2cccc(C#N)c2)n1.Cc1cc(C(=O)Cc2cccc(C(OCC3CC3)c3nccs3)c2)n(-c2cccc(C#N)c2)n1.Cc1cc(C(=O)O)n(-c2cccc(C#N)c2)n1.Nc1cccc(C(O)c2nccs2)c1.O=Cc1cccc([N+](=O)[O-])c1.O=S(Cl)Cl.O=[N+]([O-])c1cccc(C(O)c2nccs2)c1.OCC1CC1.[B].[CH2-]CCC.[Cl][Ni][Cl].[H-].[Li+].[Na+]. The first-order valence-corrected chi connectivity index (χ1v) is 53.8. The van der Waals surface area contributed by atoms with E-state index in [1.165, 1.54) is 113 Å². The number of aromatic carboxylic acids is 1. The number of hydrogen-bond acceptors (Lipinski definition) is 31. The number of aliphatic hydroxyl groups excluding tert-OH is 4. The number of carbonyl (C=O) groups excluding carboxylic acids is 3. The molecule has 763 valence electrons. The van der Waals surface area contributed by atoms with E-state index in [1.807, 2.05) is 114 Å². The van der Waals surface area contributed by atoms with Crippen molar-refractivity contribution in [3.63, 3.8) is 0 Å². The fourth-order valence-electron chi connectivity index (χ4n) is 12.5. The van der Waals surface area contributed by atoms with E-state index in [1.54, 1.807) is 172 Å². The predicted molar refractivity (Wildman–Crippen MR) is 574 cm³/mol. The van der Waals surface area contributed by atoms with Crippen LogP contribution in [-0.2, 0) is 39.5 Å². The molecule has 8 aromatic carbocycles. The molecule has 3 radical (unpaired) electrons. The van der Waals surface area contributed by atoms with Gasteiger partial charge in [-0.15, -0.1) is 56.7 Å². The van der Waals surface area contributed by atoms with Crippen LogP contribution >= 0.6 is 114 Å². The number of nitriles is 3. The number of aliphatic hydroxyl groups is 4. The van der Waals surface area contributed by atoms with E-state index in [4.69, 9.17) is 55.8 Å². The quantitative estimate of drug-likeness (QED) is 0.00428. The number of nitrogen functional groups attached to an aromatic ring is 1. The van der Waals surface area contributed by atoms with Gasteiger partial charge in [0.2, 0.25) is 9.23 Å². The molecule has 47 heteroatoms. The Kier molecular flexibility index (Phi) is 60.4. The van der Waals surface area contributed by atoms with Gasteiger partial charge in [0.05, 0.1) is 85.5 Å². The maximum absolute atomic E-state index is 13.3. The predicted octanol–water partition coefficient (Wildman–Crippen LogP) is 17.3. The first kappa shape index (κ1) is 129. The third kappa shape index (κ3) is 44.2. The Bertz CT molecular complexity index is 6950. The monoisotopic (exact) mass is 2300 g/mol. The number of nitrogens with two attached hydrogens (primary N) is 1. The van der Waals surface area contributed by atoms with E-state index in [-0.39, 0.29) is 113 Å². The van der Waals surface area contributed by atoms with Crippen LogP contribution in [0.4, 0.5) is 17.1 Å². The van der Waals surface area contributed by atoms with E-state index in [0.717, 1.165) is 49.9 Å².